The summed E-state index contributed by atoms with van der Waals surface area (Å²) in [6.07, 6.45) is 0.854. The van der Waals surface area contributed by atoms with Crippen LogP contribution in [-0.4, -0.2) is 16.3 Å². The monoisotopic (exact) mass is 86.0 g/mol. The van der Waals surface area contributed by atoms with Gasteiger partial charge in [0, 0.05) is 0 Å². The topological polar surface area (TPSA) is 40.5 Å². The normalized spacial score (nSPS) is 11.7. The molecule has 0 aromatic carbocycles. The lowest BCUT2D eigenvalue weighted by Gasteiger charge is -1.81. The molecule has 0 saturated heterocycles. The first-order valence-electron chi connectivity index (χ1n) is 1.60. The lowest BCUT2D eigenvalue weighted by atomic mass is 10.4. The minimum atomic E-state index is -0.713. The molecule has 0 aliphatic carbocycles. The number of hydrogen-bond acceptors (Lipinski definition) is 2. The molecule has 0 saturated carbocycles. The number of rotatable bonds is 0. The quantitative estimate of drug-likeness (QED) is 0.397. The maximum atomic E-state index is 8.22. The fourth-order valence-corrected chi connectivity index (χ4v) is 0.0934. The molecule has 0 aliphatic rings. The Morgan fingerprint density at radius 2 is 2.17 bits per heavy atom. The van der Waals surface area contributed by atoms with Crippen LogP contribution in [0.2, 0.25) is 0 Å². The number of aliphatic hydroxyl groups is 2. The Kier molecular flexibility index (Phi) is 2.26. The molecule has 2 nitrogen and oxygen atoms in total. The minimum absolute atomic E-state index is 0.713. The molecule has 2 N–H and O–H groups in total. The molecule has 0 aromatic rings. The Labute approximate surface area is 36.4 Å². The fraction of sp³-hybridized carbons (Fsp3) is 0.500. The van der Waals surface area contributed by atoms with Crippen LogP contribution in [0.5, 0.6) is 0 Å². The van der Waals surface area contributed by atoms with Gasteiger partial charge in [-0.2, -0.15) is 0 Å². The number of aliphatic hydroxyl groups excluding tert-OH is 2. The van der Waals surface area contributed by atoms with Crippen molar-refractivity contribution in [2.45, 2.75) is 13.0 Å². The summed E-state index contributed by atoms with van der Waals surface area (Å²) in [4.78, 5) is 0. The van der Waals surface area contributed by atoms with Gasteiger partial charge in [0.05, 0.1) is 0 Å². The zero-order valence-corrected chi connectivity index (χ0v) is 3.47. The highest BCUT2D eigenvalue weighted by molar-refractivity contribution is 4.94. The van der Waals surface area contributed by atoms with E-state index in [0.717, 1.165) is 0 Å². The van der Waals surface area contributed by atoms with E-state index in [1.807, 2.05) is 0 Å². The first-order valence-corrected chi connectivity index (χ1v) is 1.60. The third-order valence-electron chi connectivity index (χ3n) is 0.273. The van der Waals surface area contributed by atoms with Crippen LogP contribution in [0.4, 0.5) is 0 Å². The van der Waals surface area contributed by atoms with E-state index in [-0.39, 0.29) is 0 Å². The maximum absolute atomic E-state index is 8.22. The van der Waals surface area contributed by atoms with Gasteiger partial charge in [0.1, 0.15) is 12.2 Å². The van der Waals surface area contributed by atoms with Crippen LogP contribution in [0.1, 0.15) is 6.92 Å². The van der Waals surface area contributed by atoms with Crippen LogP contribution in [0.25, 0.3) is 0 Å². The minimum Gasteiger partial charge on any atom is -0.462 e. The van der Waals surface area contributed by atoms with Gasteiger partial charge in [-0.05, 0) is 12.8 Å². The molecule has 34 valence electrons. The van der Waals surface area contributed by atoms with Crippen LogP contribution in [0.15, 0.2) is 0 Å². The molecule has 6 heavy (non-hydrogen) atoms. The Bertz CT molecular complexity index is 75.3. The molecule has 0 heterocycles. The van der Waals surface area contributed by atoms with Gasteiger partial charge >= 0.3 is 0 Å². The summed E-state index contributed by atoms with van der Waals surface area (Å²) < 4.78 is 0. The van der Waals surface area contributed by atoms with Gasteiger partial charge in [0.15, 0.2) is 0 Å². The predicted molar refractivity (Wildman–Crippen MR) is 21.4 cm³/mol. The second-order valence-electron chi connectivity index (χ2n) is 0.932. The highest BCUT2D eigenvalue weighted by Gasteiger charge is 1.78. The van der Waals surface area contributed by atoms with Crippen molar-refractivity contribution in [3.05, 3.63) is 0 Å². The molecule has 0 radical (unpaired) electrons. The van der Waals surface area contributed by atoms with E-state index in [1.54, 1.807) is 6.11 Å². The molecule has 0 spiro atoms. The van der Waals surface area contributed by atoms with Crippen molar-refractivity contribution in [1.29, 1.82) is 0 Å². The van der Waals surface area contributed by atoms with E-state index in [0.29, 0.717) is 0 Å². The molecule has 0 fully saturated rings. The van der Waals surface area contributed by atoms with E-state index in [9.17, 15) is 0 Å². The maximum Gasteiger partial charge on any atom is 0.115 e. The highest BCUT2D eigenvalue weighted by Crippen LogP contribution is 1.68. The standard InChI is InChI=1S/C4H6O2/c1-4(6)2-3-5/h4-6H,1H3. The van der Waals surface area contributed by atoms with Crippen LogP contribution in [0, 0.1) is 12.0 Å². The van der Waals surface area contributed by atoms with Crippen molar-refractivity contribution in [2.24, 2.45) is 0 Å². The third-order valence-corrected chi connectivity index (χ3v) is 0.273. The third kappa shape index (κ3) is 3.32. The lowest BCUT2D eigenvalue weighted by Crippen LogP contribution is -1.91. The van der Waals surface area contributed by atoms with E-state index < -0.39 is 6.10 Å². The van der Waals surface area contributed by atoms with Crippen LogP contribution >= 0.6 is 0 Å². The first kappa shape index (κ1) is 5.32. The molecular formula is C4H6O2. The smallest absolute Gasteiger partial charge is 0.115 e. The Morgan fingerprint density at radius 3 is 2.17 bits per heavy atom. The Hall–Kier alpha value is -0.680. The summed E-state index contributed by atoms with van der Waals surface area (Å²) in [5.41, 5.74) is 0. The zero-order chi connectivity index (χ0) is 4.99. The van der Waals surface area contributed by atoms with Crippen molar-refractivity contribution in [2.75, 3.05) is 0 Å². The molecule has 0 aromatic heterocycles. The van der Waals surface area contributed by atoms with Crippen molar-refractivity contribution in [1.82, 2.24) is 0 Å². The van der Waals surface area contributed by atoms with E-state index in [2.05, 4.69) is 5.92 Å². The SMILES string of the molecule is CC(O)C#CO. The average molecular weight is 86.1 g/mol. The van der Waals surface area contributed by atoms with Gasteiger partial charge in [-0.15, -0.1) is 0 Å². The zero-order valence-electron chi connectivity index (χ0n) is 3.47. The Morgan fingerprint density at radius 1 is 1.67 bits per heavy atom. The van der Waals surface area contributed by atoms with Crippen molar-refractivity contribution < 1.29 is 10.2 Å². The summed E-state index contributed by atoms with van der Waals surface area (Å²) in [5, 5.41) is 15.9. The molecule has 1 atom stereocenters. The van der Waals surface area contributed by atoms with Gasteiger partial charge in [0.25, 0.3) is 0 Å². The van der Waals surface area contributed by atoms with Gasteiger partial charge in [-0.1, -0.05) is 0 Å². The van der Waals surface area contributed by atoms with Gasteiger partial charge in [-0.25, -0.2) is 0 Å². The van der Waals surface area contributed by atoms with Crippen LogP contribution in [-0.2, 0) is 0 Å². The average Bonchev–Trinajstić information content (AvgIpc) is 1.35. The summed E-state index contributed by atoms with van der Waals surface area (Å²) in [7, 11) is 0. The van der Waals surface area contributed by atoms with E-state index in [1.165, 1.54) is 6.92 Å². The van der Waals surface area contributed by atoms with Gasteiger partial charge in [-0.3, -0.25) is 0 Å². The van der Waals surface area contributed by atoms with Crippen molar-refractivity contribution in [3.63, 3.8) is 0 Å². The predicted octanol–water partition coefficient (Wildman–Crippen LogP) is -0.299. The van der Waals surface area contributed by atoms with Crippen LogP contribution < -0.4 is 0 Å². The molecule has 0 rings (SSSR count). The summed E-state index contributed by atoms with van der Waals surface area (Å²) in [6.45, 7) is 1.48. The molecule has 1 unspecified atom stereocenters. The van der Waals surface area contributed by atoms with Gasteiger partial charge < -0.3 is 10.2 Å². The highest BCUT2D eigenvalue weighted by atomic mass is 16.3. The summed E-state index contributed by atoms with van der Waals surface area (Å²) in [5.74, 6) is 2.07. The molecule has 0 aliphatic heterocycles. The van der Waals surface area contributed by atoms with Crippen molar-refractivity contribution in [3.8, 4) is 12.0 Å². The molecule has 0 bridgehead atoms. The van der Waals surface area contributed by atoms with Crippen molar-refractivity contribution >= 4 is 0 Å². The lowest BCUT2D eigenvalue weighted by molar-refractivity contribution is 0.252. The van der Waals surface area contributed by atoms with E-state index in [4.69, 9.17) is 10.2 Å². The van der Waals surface area contributed by atoms with Crippen LogP contribution in [0.3, 0.4) is 0 Å². The number of hydrogen-bond donors (Lipinski definition) is 2. The van der Waals surface area contributed by atoms with Gasteiger partial charge in [0.2, 0.25) is 0 Å². The largest absolute Gasteiger partial charge is 0.462 e. The Balaban J connectivity index is 3.20. The fourth-order valence-electron chi connectivity index (χ4n) is 0.0934. The summed E-state index contributed by atoms with van der Waals surface area (Å²) >= 11 is 0. The first-order chi connectivity index (χ1) is 2.77. The molecular weight excluding hydrogens is 80.0 g/mol. The molecule has 0 amide bonds. The second-order valence-corrected chi connectivity index (χ2v) is 0.932. The second kappa shape index (κ2) is 2.55. The molecule has 2 heteroatoms. The van der Waals surface area contributed by atoms with E-state index >= 15 is 0 Å². The summed E-state index contributed by atoms with van der Waals surface area (Å²) in [6, 6.07) is 0.